The molecule has 0 bridgehead atoms. The average Bonchev–Trinajstić information content (AvgIpc) is 1.98. The van der Waals surface area contributed by atoms with E-state index in [1.54, 1.807) is 0 Å². The second-order valence-electron chi connectivity index (χ2n) is 2.76. The van der Waals surface area contributed by atoms with Crippen LogP contribution >= 0.6 is 0 Å². The van der Waals surface area contributed by atoms with Gasteiger partial charge in [-0.1, -0.05) is 29.7 Å². The molecule has 0 saturated heterocycles. The first-order valence-electron chi connectivity index (χ1n) is 3.33. The molecule has 1 rings (SSSR count). The van der Waals surface area contributed by atoms with Crippen molar-refractivity contribution in [1.29, 1.82) is 0 Å². The van der Waals surface area contributed by atoms with Crippen molar-refractivity contribution in [3.8, 4) is 0 Å². The van der Waals surface area contributed by atoms with Crippen LogP contribution in [0.3, 0.4) is 0 Å². The third-order valence-electron chi connectivity index (χ3n) is 2.18. The van der Waals surface area contributed by atoms with Crippen molar-refractivity contribution in [2.45, 2.75) is 27.7 Å². The average molecular weight is 356 g/mol. The van der Waals surface area contributed by atoms with Crippen molar-refractivity contribution in [3.05, 3.63) is 28.7 Å². The van der Waals surface area contributed by atoms with Crippen molar-refractivity contribution in [2.75, 3.05) is 0 Å². The molecule has 0 unspecified atom stereocenters. The minimum atomic E-state index is 0. The Hall–Kier alpha value is 1.38. The van der Waals surface area contributed by atoms with E-state index >= 15 is 0 Å². The monoisotopic (exact) mass is 354 g/mol. The van der Waals surface area contributed by atoms with E-state index in [1.165, 1.54) is 22.6 Å². The fourth-order valence-electron chi connectivity index (χ4n) is 1.13. The van der Waals surface area contributed by atoms with Gasteiger partial charge in [0.15, 0.2) is 0 Å². The van der Waals surface area contributed by atoms with Gasteiger partial charge in [-0.3, -0.25) is 0 Å². The van der Waals surface area contributed by atoms with E-state index in [2.05, 4.69) is 33.8 Å². The van der Waals surface area contributed by atoms with Gasteiger partial charge in [-0.2, -0.15) is 0 Å². The van der Waals surface area contributed by atoms with Gasteiger partial charge in [0.1, 0.15) is 0 Å². The topological polar surface area (TPSA) is 0 Å². The van der Waals surface area contributed by atoms with E-state index in [-0.39, 0.29) is 72.0 Å². The van der Waals surface area contributed by atoms with Crippen LogP contribution in [0.25, 0.3) is 0 Å². The molecule has 0 N–H and O–H groups in total. The number of hydrogen-bond acceptors (Lipinski definition) is 0. The zero-order chi connectivity index (χ0) is 7.02. The molecule has 1 aliphatic carbocycles. The van der Waals surface area contributed by atoms with Crippen LogP contribution in [0.15, 0.2) is 22.8 Å². The second kappa shape index (κ2) is 12.4. The molecule has 0 aromatic carbocycles. The van der Waals surface area contributed by atoms with E-state index in [0.717, 1.165) is 0 Å². The molecule has 0 aromatic rings. The molecule has 0 saturated carbocycles. The second-order valence-corrected chi connectivity index (χ2v) is 2.76. The van der Waals surface area contributed by atoms with Gasteiger partial charge >= 0.3 is 0 Å². The summed E-state index contributed by atoms with van der Waals surface area (Å²) in [5.41, 5.74) is 4.29. The molecule has 1 aliphatic rings. The van der Waals surface area contributed by atoms with E-state index < -0.39 is 0 Å². The van der Waals surface area contributed by atoms with Crippen LogP contribution in [0.2, 0.25) is 0 Å². The molecular weight excluding hydrogens is 343 g/mol. The van der Waals surface area contributed by atoms with Crippen molar-refractivity contribution in [1.82, 2.24) is 0 Å². The summed E-state index contributed by atoms with van der Waals surface area (Å²) in [6.07, 6.45) is 2.24. The van der Waals surface area contributed by atoms with Gasteiger partial charge < -0.3 is 49.6 Å². The molecule has 0 fully saturated rings. The number of hydrogen-bond donors (Lipinski definition) is 0. The third-order valence-corrected chi connectivity index (χ3v) is 2.18. The quantitative estimate of drug-likeness (QED) is 0.379. The Balaban J connectivity index is -0.0000000540. The van der Waals surface area contributed by atoms with Crippen LogP contribution in [-0.2, 0) is 22.4 Å². The Morgan fingerprint density at radius 2 is 1.14 bits per heavy atom. The molecule has 0 spiro atoms. The van der Waals surface area contributed by atoms with Gasteiger partial charge in [-0.25, -0.2) is 0 Å². The van der Waals surface area contributed by atoms with Crippen molar-refractivity contribution in [3.63, 3.8) is 0 Å². The summed E-state index contributed by atoms with van der Waals surface area (Å²) in [6, 6.07) is 0. The van der Waals surface area contributed by atoms with Crippen molar-refractivity contribution < 1.29 is 72.0 Å². The molecule has 0 nitrogen and oxygen atoms in total. The molecule has 5 heteroatoms. The first kappa shape index (κ1) is 29.5. The summed E-state index contributed by atoms with van der Waals surface area (Å²) >= 11 is 0. The predicted octanol–water partition coefficient (Wildman–Crippen LogP) is -9.11. The number of halogens is 4. The first-order chi connectivity index (χ1) is 4.13. The van der Waals surface area contributed by atoms with E-state index in [4.69, 9.17) is 0 Å². The molecule has 2 radical (unpaired) electrons. The Kier molecular flexibility index (Phi) is 26.2. The van der Waals surface area contributed by atoms with Crippen LogP contribution in [0, 0.1) is 5.92 Å². The van der Waals surface area contributed by atoms with Crippen molar-refractivity contribution >= 4 is 0 Å². The van der Waals surface area contributed by atoms with E-state index in [9.17, 15) is 0 Å². The Bertz CT molecular complexity index is 199. The fourth-order valence-corrected chi connectivity index (χ4v) is 1.13. The van der Waals surface area contributed by atoms with Crippen LogP contribution in [0.5, 0.6) is 0 Å². The van der Waals surface area contributed by atoms with Crippen LogP contribution in [0.1, 0.15) is 27.7 Å². The summed E-state index contributed by atoms with van der Waals surface area (Å²) in [5.74, 6) is 1.45. The Morgan fingerprint density at radius 3 is 1.21 bits per heavy atom. The van der Waals surface area contributed by atoms with Gasteiger partial charge in [-0.15, -0.1) is 0 Å². The molecule has 0 amide bonds. The summed E-state index contributed by atoms with van der Waals surface area (Å²) in [7, 11) is 0. The van der Waals surface area contributed by atoms with Crippen LogP contribution in [0.4, 0.5) is 0 Å². The smallest absolute Gasteiger partial charge is 0.0224 e. The number of rotatable bonds is 0. The zero-order valence-corrected chi connectivity index (χ0v) is 13.8. The minimum absolute atomic E-state index is 0. The van der Waals surface area contributed by atoms with E-state index in [1.807, 2.05) is 0 Å². The van der Waals surface area contributed by atoms with Gasteiger partial charge in [0, 0.05) is 28.3 Å². The zero-order valence-electron chi connectivity index (χ0n) is 8.54. The molecule has 86 valence electrons. The maximum atomic E-state index is 2.24. The SMILES string of the molecule is C[C]1C(C)=CC(C)=C1C.[Cl-].[Cl-].[Cl-].[Cl-].[Nb]. The van der Waals surface area contributed by atoms with Gasteiger partial charge in [-0.05, 0) is 20.8 Å². The van der Waals surface area contributed by atoms with Crippen LogP contribution < -0.4 is 49.6 Å². The Labute approximate surface area is 128 Å². The molecule has 0 heterocycles. The Morgan fingerprint density at radius 1 is 0.786 bits per heavy atom. The largest absolute Gasteiger partial charge is 1.00 e. The summed E-state index contributed by atoms with van der Waals surface area (Å²) in [5, 5.41) is 0. The maximum absolute atomic E-state index is 2.24. The molecule has 0 aromatic heterocycles. The summed E-state index contributed by atoms with van der Waals surface area (Å²) in [6.45, 7) is 8.68. The third kappa shape index (κ3) is 6.79. The standard InChI is InChI=1S/C9H13.4ClH.Nb/c1-6-5-7(2)9(4)8(6)3;;;;;/h5H,1-4H3;4*1H;/p-4. The maximum Gasteiger partial charge on any atom is 0.0224 e. The molecular formula is C9H13Cl4Nb-4. The normalized spacial score (nSPS) is 13.6. The van der Waals surface area contributed by atoms with E-state index in [0.29, 0.717) is 0 Å². The fraction of sp³-hybridized carbons (Fsp3) is 0.444. The van der Waals surface area contributed by atoms with Crippen molar-refractivity contribution in [2.24, 2.45) is 0 Å². The molecule has 0 aliphatic heterocycles. The predicted molar refractivity (Wildman–Crippen MR) is 41.0 cm³/mol. The van der Waals surface area contributed by atoms with Gasteiger partial charge in [0.2, 0.25) is 0 Å². The molecule has 0 atom stereocenters. The van der Waals surface area contributed by atoms with Crippen LogP contribution in [-0.4, -0.2) is 0 Å². The summed E-state index contributed by atoms with van der Waals surface area (Å²) in [4.78, 5) is 0. The van der Waals surface area contributed by atoms with Gasteiger partial charge in [0.25, 0.3) is 0 Å². The summed E-state index contributed by atoms with van der Waals surface area (Å²) < 4.78 is 0. The minimum Gasteiger partial charge on any atom is -1.00 e. The first-order valence-corrected chi connectivity index (χ1v) is 3.33. The molecule has 14 heavy (non-hydrogen) atoms. The number of allylic oxidation sites excluding steroid dienone is 4. The van der Waals surface area contributed by atoms with Gasteiger partial charge in [0.05, 0.1) is 0 Å².